The minimum atomic E-state index is -1.15. The summed E-state index contributed by atoms with van der Waals surface area (Å²) in [7, 11) is 0. The predicted molar refractivity (Wildman–Crippen MR) is 80.3 cm³/mol. The number of rotatable bonds is 5. The van der Waals surface area contributed by atoms with Crippen molar-refractivity contribution in [3.8, 4) is 0 Å². The Morgan fingerprint density at radius 3 is 2.86 bits per heavy atom. The Morgan fingerprint density at radius 1 is 1.43 bits per heavy atom. The fourth-order valence-electron chi connectivity index (χ4n) is 1.74. The number of aromatic carboxylic acids is 1. The molecule has 1 heterocycles. The van der Waals surface area contributed by atoms with Gasteiger partial charge in [-0.3, -0.25) is 4.79 Å². The van der Waals surface area contributed by atoms with Gasteiger partial charge in [-0.25, -0.2) is 4.79 Å². The van der Waals surface area contributed by atoms with Crippen LogP contribution in [0.1, 0.15) is 39.1 Å². The normalized spacial score (nSPS) is 10.4. The zero-order valence-corrected chi connectivity index (χ0v) is 12.7. The molecule has 0 aliphatic carbocycles. The van der Waals surface area contributed by atoms with E-state index in [-0.39, 0.29) is 16.5 Å². The lowest BCUT2D eigenvalue weighted by Crippen LogP contribution is -2.13. The number of halogens is 1. The molecular weight excluding hydrogens is 314 g/mol. The molecule has 21 heavy (non-hydrogen) atoms. The van der Waals surface area contributed by atoms with Crippen LogP contribution in [0, 0.1) is 0 Å². The van der Waals surface area contributed by atoms with Gasteiger partial charge in [-0.15, -0.1) is 5.10 Å². The van der Waals surface area contributed by atoms with Crippen LogP contribution < -0.4 is 5.32 Å². The maximum absolute atomic E-state index is 12.2. The number of hydrogen-bond donors (Lipinski definition) is 2. The van der Waals surface area contributed by atoms with E-state index in [9.17, 15) is 9.59 Å². The summed E-state index contributed by atoms with van der Waals surface area (Å²) in [6.07, 6.45) is 1.52. The summed E-state index contributed by atoms with van der Waals surface area (Å²) in [6.45, 7) is 1.99. The molecule has 110 valence electrons. The second-order valence-electron chi connectivity index (χ2n) is 4.25. The van der Waals surface area contributed by atoms with Crippen molar-refractivity contribution in [2.45, 2.75) is 19.8 Å². The number of aromatic nitrogens is 2. The molecule has 0 fully saturated rings. The van der Waals surface area contributed by atoms with E-state index >= 15 is 0 Å². The van der Waals surface area contributed by atoms with Gasteiger partial charge in [0.2, 0.25) is 0 Å². The van der Waals surface area contributed by atoms with E-state index < -0.39 is 5.97 Å². The van der Waals surface area contributed by atoms with Crippen LogP contribution in [-0.2, 0) is 6.42 Å². The van der Waals surface area contributed by atoms with Gasteiger partial charge in [-0.2, -0.15) is 0 Å². The first-order valence-corrected chi connectivity index (χ1v) is 7.33. The number of anilines is 1. The molecule has 1 amide bonds. The van der Waals surface area contributed by atoms with Crippen molar-refractivity contribution in [2.75, 3.05) is 5.32 Å². The van der Waals surface area contributed by atoms with Crippen LogP contribution in [0.2, 0.25) is 5.02 Å². The van der Waals surface area contributed by atoms with Gasteiger partial charge in [-0.1, -0.05) is 29.4 Å². The van der Waals surface area contributed by atoms with Crippen molar-refractivity contribution in [1.29, 1.82) is 0 Å². The highest BCUT2D eigenvalue weighted by Gasteiger charge is 2.17. The van der Waals surface area contributed by atoms with Gasteiger partial charge in [0.05, 0.1) is 16.3 Å². The SMILES string of the molecule is CCCc1nnsc1C(=O)Nc1ccc(Cl)c(C(=O)O)c1. The second kappa shape index (κ2) is 6.64. The van der Waals surface area contributed by atoms with Crippen molar-refractivity contribution in [2.24, 2.45) is 0 Å². The highest BCUT2D eigenvalue weighted by molar-refractivity contribution is 7.08. The van der Waals surface area contributed by atoms with Gasteiger partial charge in [0.15, 0.2) is 0 Å². The summed E-state index contributed by atoms with van der Waals surface area (Å²) < 4.78 is 3.78. The molecular formula is C13H12ClN3O3S. The Balaban J connectivity index is 2.21. The van der Waals surface area contributed by atoms with Gasteiger partial charge in [0.1, 0.15) is 4.88 Å². The van der Waals surface area contributed by atoms with E-state index in [2.05, 4.69) is 14.9 Å². The lowest BCUT2D eigenvalue weighted by Gasteiger charge is -2.06. The van der Waals surface area contributed by atoms with Crippen molar-refractivity contribution in [3.05, 3.63) is 39.4 Å². The quantitative estimate of drug-likeness (QED) is 0.881. The molecule has 0 aliphatic heterocycles. The Morgan fingerprint density at radius 2 is 2.19 bits per heavy atom. The molecule has 6 nitrogen and oxygen atoms in total. The summed E-state index contributed by atoms with van der Waals surface area (Å²) in [5.41, 5.74) is 0.941. The number of aryl methyl sites for hydroxylation is 1. The maximum Gasteiger partial charge on any atom is 0.337 e. The number of benzene rings is 1. The smallest absolute Gasteiger partial charge is 0.337 e. The number of carboxylic acids is 1. The summed E-state index contributed by atoms with van der Waals surface area (Å²) in [5, 5.41) is 15.7. The van der Waals surface area contributed by atoms with Crippen LogP contribution in [0.4, 0.5) is 5.69 Å². The summed E-state index contributed by atoms with van der Waals surface area (Å²) in [4.78, 5) is 23.6. The topological polar surface area (TPSA) is 92.2 Å². The van der Waals surface area contributed by atoms with E-state index in [0.29, 0.717) is 22.7 Å². The molecule has 8 heteroatoms. The average molecular weight is 326 g/mol. The van der Waals surface area contributed by atoms with Gasteiger partial charge < -0.3 is 10.4 Å². The number of carboxylic acid groups (broad SMARTS) is 1. The maximum atomic E-state index is 12.2. The third kappa shape index (κ3) is 3.56. The molecule has 2 rings (SSSR count). The summed E-state index contributed by atoms with van der Waals surface area (Å²) in [6, 6.07) is 4.29. The van der Waals surface area contributed by atoms with Crippen LogP contribution in [0.3, 0.4) is 0 Å². The van der Waals surface area contributed by atoms with Crippen molar-refractivity contribution >= 4 is 40.7 Å². The number of hydrogen-bond acceptors (Lipinski definition) is 5. The van der Waals surface area contributed by atoms with Crippen LogP contribution in [-0.4, -0.2) is 26.6 Å². The number of carbonyl (C=O) groups is 2. The molecule has 2 aromatic rings. The monoisotopic (exact) mass is 325 g/mol. The fourth-order valence-corrected chi connectivity index (χ4v) is 2.54. The van der Waals surface area contributed by atoms with Gasteiger partial charge in [0, 0.05) is 5.69 Å². The average Bonchev–Trinajstić information content (AvgIpc) is 2.89. The zero-order valence-electron chi connectivity index (χ0n) is 11.1. The molecule has 1 aromatic carbocycles. The third-order valence-corrected chi connectivity index (χ3v) is 3.80. The molecule has 2 N–H and O–H groups in total. The van der Waals surface area contributed by atoms with Crippen LogP contribution in [0.5, 0.6) is 0 Å². The van der Waals surface area contributed by atoms with E-state index in [1.54, 1.807) is 6.07 Å². The fraction of sp³-hybridized carbons (Fsp3) is 0.231. The van der Waals surface area contributed by atoms with E-state index in [0.717, 1.165) is 18.0 Å². The predicted octanol–water partition coefficient (Wildman–Crippen LogP) is 3.09. The second-order valence-corrected chi connectivity index (χ2v) is 5.41. The molecule has 0 aliphatic rings. The van der Waals surface area contributed by atoms with E-state index in [4.69, 9.17) is 16.7 Å². The lowest BCUT2D eigenvalue weighted by atomic mass is 10.2. The van der Waals surface area contributed by atoms with Gasteiger partial charge in [0.25, 0.3) is 5.91 Å². The summed E-state index contributed by atoms with van der Waals surface area (Å²) >= 11 is 6.80. The Hall–Kier alpha value is -1.99. The number of nitrogens with one attached hydrogen (secondary N) is 1. The van der Waals surface area contributed by atoms with Crippen molar-refractivity contribution < 1.29 is 14.7 Å². The lowest BCUT2D eigenvalue weighted by molar-refractivity contribution is 0.0696. The van der Waals surface area contributed by atoms with Crippen LogP contribution in [0.25, 0.3) is 0 Å². The minimum absolute atomic E-state index is 0.0642. The van der Waals surface area contributed by atoms with Crippen molar-refractivity contribution in [1.82, 2.24) is 9.59 Å². The largest absolute Gasteiger partial charge is 0.478 e. The van der Waals surface area contributed by atoms with Crippen LogP contribution >= 0.6 is 23.1 Å². The number of carbonyl (C=O) groups excluding carboxylic acids is 1. The van der Waals surface area contributed by atoms with Crippen LogP contribution in [0.15, 0.2) is 18.2 Å². The number of nitrogens with zero attached hydrogens (tertiary/aromatic N) is 2. The first kappa shape index (κ1) is 15.4. The highest BCUT2D eigenvalue weighted by atomic mass is 35.5. The Kier molecular flexibility index (Phi) is 4.87. The standard InChI is InChI=1S/C13H12ClN3O3S/c1-2-3-10-11(21-17-16-10)12(18)15-7-4-5-9(14)8(6-7)13(19)20/h4-6H,2-3H2,1H3,(H,15,18)(H,19,20). The molecule has 0 spiro atoms. The first-order valence-electron chi connectivity index (χ1n) is 6.18. The summed E-state index contributed by atoms with van der Waals surface area (Å²) in [5.74, 6) is -1.51. The van der Waals surface area contributed by atoms with E-state index in [1.165, 1.54) is 12.1 Å². The molecule has 0 unspecified atom stereocenters. The van der Waals surface area contributed by atoms with Crippen molar-refractivity contribution in [3.63, 3.8) is 0 Å². The van der Waals surface area contributed by atoms with Gasteiger partial charge in [-0.05, 0) is 36.2 Å². The Bertz CT molecular complexity index is 687. The minimum Gasteiger partial charge on any atom is -0.478 e. The molecule has 0 bridgehead atoms. The first-order chi connectivity index (χ1) is 10.0. The highest BCUT2D eigenvalue weighted by Crippen LogP contribution is 2.22. The molecule has 0 saturated heterocycles. The molecule has 1 aromatic heterocycles. The number of amides is 1. The van der Waals surface area contributed by atoms with E-state index in [1.807, 2.05) is 6.92 Å². The van der Waals surface area contributed by atoms with Gasteiger partial charge >= 0.3 is 5.97 Å². The Labute approximate surface area is 129 Å². The molecule has 0 atom stereocenters. The zero-order chi connectivity index (χ0) is 15.4. The molecule has 0 saturated carbocycles. The third-order valence-electron chi connectivity index (χ3n) is 2.70. The molecule has 0 radical (unpaired) electrons.